The van der Waals surface area contributed by atoms with E-state index in [1.807, 2.05) is 12.1 Å². The first-order valence-electron chi connectivity index (χ1n) is 10.7. The number of benzene rings is 2. The van der Waals surface area contributed by atoms with Gasteiger partial charge in [-0.2, -0.15) is 0 Å². The molecule has 3 nitrogen and oxygen atoms in total. The van der Waals surface area contributed by atoms with E-state index in [1.165, 1.54) is 56.3 Å². The molecule has 1 saturated heterocycles. The molecule has 0 aromatic heterocycles. The van der Waals surface area contributed by atoms with Crippen molar-refractivity contribution < 1.29 is 9.84 Å². The standard InChI is InChI=1S/C25H33NO2/c1-2-3-4-5-8-25(21-9-13-23(27)14-10-21)22-11-15-24(16-12-22)28-20-19-26-17-6-7-18-26/h8-16,27H,2-7,17-20H2,1H3/b25-8+. The van der Waals surface area contributed by atoms with Crippen molar-refractivity contribution in [2.75, 3.05) is 26.2 Å². The summed E-state index contributed by atoms with van der Waals surface area (Å²) in [7, 11) is 0. The number of ether oxygens (including phenoxy) is 1. The van der Waals surface area contributed by atoms with Gasteiger partial charge in [0, 0.05) is 6.54 Å². The zero-order valence-electron chi connectivity index (χ0n) is 17.1. The summed E-state index contributed by atoms with van der Waals surface area (Å²) in [6.07, 6.45) is 9.72. The van der Waals surface area contributed by atoms with Crippen LogP contribution in [0, 0.1) is 0 Å². The smallest absolute Gasteiger partial charge is 0.119 e. The van der Waals surface area contributed by atoms with Crippen LogP contribution in [0.4, 0.5) is 0 Å². The highest BCUT2D eigenvalue weighted by Gasteiger charge is 2.11. The van der Waals surface area contributed by atoms with E-state index < -0.39 is 0 Å². The third kappa shape index (κ3) is 6.13. The number of aromatic hydroxyl groups is 1. The van der Waals surface area contributed by atoms with Gasteiger partial charge in [0.1, 0.15) is 18.1 Å². The van der Waals surface area contributed by atoms with Crippen LogP contribution in [0.2, 0.25) is 0 Å². The molecule has 1 fully saturated rings. The maximum Gasteiger partial charge on any atom is 0.119 e. The van der Waals surface area contributed by atoms with Gasteiger partial charge in [0.15, 0.2) is 0 Å². The van der Waals surface area contributed by atoms with E-state index in [-0.39, 0.29) is 0 Å². The molecule has 3 heteroatoms. The van der Waals surface area contributed by atoms with Crippen LogP contribution in [-0.4, -0.2) is 36.2 Å². The van der Waals surface area contributed by atoms with Gasteiger partial charge in [-0.3, -0.25) is 4.90 Å². The van der Waals surface area contributed by atoms with Crippen molar-refractivity contribution in [3.8, 4) is 11.5 Å². The Morgan fingerprint density at radius 1 is 0.964 bits per heavy atom. The highest BCUT2D eigenvalue weighted by Crippen LogP contribution is 2.27. The molecule has 3 rings (SSSR count). The molecule has 0 bridgehead atoms. The van der Waals surface area contributed by atoms with Gasteiger partial charge < -0.3 is 9.84 Å². The topological polar surface area (TPSA) is 32.7 Å². The number of phenols is 1. The van der Waals surface area contributed by atoms with E-state index >= 15 is 0 Å². The quantitative estimate of drug-likeness (QED) is 0.523. The van der Waals surface area contributed by atoms with Crippen LogP contribution >= 0.6 is 0 Å². The highest BCUT2D eigenvalue weighted by atomic mass is 16.5. The lowest BCUT2D eigenvalue weighted by molar-refractivity contribution is 0.238. The Hall–Kier alpha value is -2.26. The summed E-state index contributed by atoms with van der Waals surface area (Å²) < 4.78 is 5.94. The maximum absolute atomic E-state index is 9.61. The molecule has 0 amide bonds. The van der Waals surface area contributed by atoms with Gasteiger partial charge in [-0.1, -0.05) is 50.1 Å². The molecule has 0 radical (unpaired) electrons. The fourth-order valence-electron chi connectivity index (χ4n) is 3.71. The van der Waals surface area contributed by atoms with Gasteiger partial charge in [0.25, 0.3) is 0 Å². The zero-order valence-corrected chi connectivity index (χ0v) is 17.1. The summed E-state index contributed by atoms with van der Waals surface area (Å²) >= 11 is 0. The van der Waals surface area contributed by atoms with Crippen molar-refractivity contribution in [3.05, 3.63) is 65.7 Å². The van der Waals surface area contributed by atoms with Crippen LogP contribution in [0.5, 0.6) is 11.5 Å². The number of unbranched alkanes of at least 4 members (excludes halogenated alkanes) is 3. The summed E-state index contributed by atoms with van der Waals surface area (Å²) in [6, 6.07) is 15.9. The van der Waals surface area contributed by atoms with Crippen LogP contribution < -0.4 is 4.74 Å². The number of phenolic OH excluding ortho intramolecular Hbond substituents is 1. The number of hydrogen-bond donors (Lipinski definition) is 1. The Morgan fingerprint density at radius 2 is 1.61 bits per heavy atom. The molecule has 2 aromatic carbocycles. The van der Waals surface area contributed by atoms with Gasteiger partial charge in [0.05, 0.1) is 0 Å². The van der Waals surface area contributed by atoms with Crippen LogP contribution in [0.3, 0.4) is 0 Å². The molecule has 0 spiro atoms. The molecule has 2 aromatic rings. The monoisotopic (exact) mass is 379 g/mol. The summed E-state index contributed by atoms with van der Waals surface area (Å²) in [5.41, 5.74) is 3.55. The second-order valence-corrected chi connectivity index (χ2v) is 7.58. The van der Waals surface area contributed by atoms with Crippen LogP contribution in [0.1, 0.15) is 56.6 Å². The third-order valence-electron chi connectivity index (χ3n) is 5.37. The SMILES string of the molecule is CCCCC/C=C(\c1ccc(O)cc1)c1ccc(OCCN2CCCC2)cc1. The number of likely N-dealkylation sites (tertiary alicyclic amines) is 1. The second-order valence-electron chi connectivity index (χ2n) is 7.58. The Morgan fingerprint density at radius 3 is 2.25 bits per heavy atom. The largest absolute Gasteiger partial charge is 0.508 e. The predicted octanol–water partition coefficient (Wildman–Crippen LogP) is 5.88. The van der Waals surface area contributed by atoms with Crippen molar-refractivity contribution in [1.29, 1.82) is 0 Å². The molecule has 0 atom stereocenters. The first kappa shape index (κ1) is 20.5. The average Bonchev–Trinajstić information content (AvgIpc) is 3.23. The molecular weight excluding hydrogens is 346 g/mol. The summed E-state index contributed by atoms with van der Waals surface area (Å²) in [4.78, 5) is 2.47. The molecule has 0 aliphatic carbocycles. The minimum atomic E-state index is 0.302. The number of allylic oxidation sites excluding steroid dienone is 1. The Bertz CT molecular complexity index is 728. The van der Waals surface area contributed by atoms with Gasteiger partial charge >= 0.3 is 0 Å². The fraction of sp³-hybridized carbons (Fsp3) is 0.440. The van der Waals surface area contributed by atoms with Crippen molar-refractivity contribution in [1.82, 2.24) is 4.90 Å². The van der Waals surface area contributed by atoms with Crippen LogP contribution in [0.15, 0.2) is 54.6 Å². The Labute approximate surface area is 169 Å². The van der Waals surface area contributed by atoms with Crippen LogP contribution in [0.25, 0.3) is 5.57 Å². The maximum atomic E-state index is 9.61. The van der Waals surface area contributed by atoms with Gasteiger partial charge in [-0.05, 0) is 79.7 Å². The molecule has 1 aliphatic heterocycles. The fourth-order valence-corrected chi connectivity index (χ4v) is 3.71. The first-order chi connectivity index (χ1) is 13.8. The van der Waals surface area contributed by atoms with Crippen molar-refractivity contribution in [3.63, 3.8) is 0 Å². The van der Waals surface area contributed by atoms with E-state index in [1.54, 1.807) is 12.1 Å². The zero-order chi connectivity index (χ0) is 19.6. The number of nitrogens with zero attached hydrogens (tertiary/aromatic N) is 1. The molecule has 1 aliphatic rings. The number of hydrogen-bond acceptors (Lipinski definition) is 3. The van der Waals surface area contributed by atoms with E-state index in [4.69, 9.17) is 4.74 Å². The average molecular weight is 380 g/mol. The van der Waals surface area contributed by atoms with Crippen molar-refractivity contribution in [2.45, 2.75) is 45.4 Å². The van der Waals surface area contributed by atoms with Gasteiger partial charge in [0.2, 0.25) is 0 Å². The Balaban J connectivity index is 1.65. The predicted molar refractivity (Wildman–Crippen MR) is 117 cm³/mol. The highest BCUT2D eigenvalue weighted by molar-refractivity contribution is 5.80. The number of rotatable bonds is 10. The molecule has 28 heavy (non-hydrogen) atoms. The normalized spacial score (nSPS) is 15.1. The van der Waals surface area contributed by atoms with E-state index in [2.05, 4.69) is 42.2 Å². The van der Waals surface area contributed by atoms with Crippen molar-refractivity contribution in [2.24, 2.45) is 0 Å². The van der Waals surface area contributed by atoms with Crippen molar-refractivity contribution >= 4 is 5.57 Å². The molecular formula is C25H33NO2. The molecule has 1 N–H and O–H groups in total. The van der Waals surface area contributed by atoms with E-state index in [0.29, 0.717) is 5.75 Å². The lowest BCUT2D eigenvalue weighted by atomic mass is 9.96. The minimum absolute atomic E-state index is 0.302. The van der Waals surface area contributed by atoms with Crippen LogP contribution in [-0.2, 0) is 0 Å². The molecule has 150 valence electrons. The molecule has 0 unspecified atom stereocenters. The third-order valence-corrected chi connectivity index (χ3v) is 5.37. The van der Waals surface area contributed by atoms with E-state index in [0.717, 1.165) is 30.9 Å². The minimum Gasteiger partial charge on any atom is -0.508 e. The van der Waals surface area contributed by atoms with Gasteiger partial charge in [-0.15, -0.1) is 0 Å². The lowest BCUT2D eigenvalue weighted by Gasteiger charge is -2.15. The summed E-state index contributed by atoms with van der Waals surface area (Å²) in [5, 5.41) is 9.61. The summed E-state index contributed by atoms with van der Waals surface area (Å²) in [5.74, 6) is 1.23. The van der Waals surface area contributed by atoms with Gasteiger partial charge in [-0.25, -0.2) is 0 Å². The molecule has 1 heterocycles. The second kappa shape index (κ2) is 10.9. The lowest BCUT2D eigenvalue weighted by Crippen LogP contribution is -2.25. The summed E-state index contributed by atoms with van der Waals surface area (Å²) in [6.45, 7) is 6.41. The molecule has 0 saturated carbocycles. The van der Waals surface area contributed by atoms with E-state index in [9.17, 15) is 5.11 Å². The Kier molecular flexibility index (Phi) is 7.98. The first-order valence-corrected chi connectivity index (χ1v) is 10.7.